The Morgan fingerprint density at radius 1 is 1.10 bits per heavy atom. The van der Waals surface area contributed by atoms with Gasteiger partial charge in [0, 0.05) is 21.6 Å². The molecule has 0 spiro atoms. The summed E-state index contributed by atoms with van der Waals surface area (Å²) in [4.78, 5) is 18.5. The third-order valence-electron chi connectivity index (χ3n) is 6.60. The minimum Gasteiger partial charge on any atom is -0.493 e. The monoisotopic (exact) mass is 633 g/mol. The topological polar surface area (TPSA) is 90.3 Å². The van der Waals surface area contributed by atoms with Crippen molar-refractivity contribution in [3.63, 3.8) is 0 Å². The molecule has 1 amide bonds. The average molecular weight is 635 g/mol. The van der Waals surface area contributed by atoms with Crippen LogP contribution in [0.1, 0.15) is 43.0 Å². The number of carbonyl (C=O) groups excluding carboxylic acids is 1. The van der Waals surface area contributed by atoms with E-state index in [1.807, 2.05) is 80.6 Å². The number of hydrogen-bond acceptors (Lipinski definition) is 7. The predicted octanol–water partition coefficient (Wildman–Crippen LogP) is 7.37. The van der Waals surface area contributed by atoms with Crippen LogP contribution >= 0.6 is 27.7 Å². The van der Waals surface area contributed by atoms with Gasteiger partial charge in [-0.3, -0.25) is 4.79 Å². The number of methoxy groups -OCH3 is 1. The van der Waals surface area contributed by atoms with Gasteiger partial charge >= 0.3 is 0 Å². The second-order valence-corrected chi connectivity index (χ2v) is 11.7. The van der Waals surface area contributed by atoms with E-state index in [4.69, 9.17) is 19.6 Å². The lowest BCUT2D eigenvalue weighted by molar-refractivity contribution is -0.113. The van der Waals surface area contributed by atoms with Crippen LogP contribution in [0, 0.1) is 6.92 Å². The molecule has 8 nitrogen and oxygen atoms in total. The molecule has 1 unspecified atom stereocenters. The van der Waals surface area contributed by atoms with Crippen molar-refractivity contribution < 1.29 is 14.3 Å². The highest BCUT2D eigenvalue weighted by molar-refractivity contribution is 9.10. The van der Waals surface area contributed by atoms with Gasteiger partial charge in [-0.05, 0) is 73.4 Å². The zero-order chi connectivity index (χ0) is 28.9. The van der Waals surface area contributed by atoms with Crippen molar-refractivity contribution in [2.24, 2.45) is 0 Å². The molecule has 2 N–H and O–H groups in total. The highest BCUT2D eigenvalue weighted by Gasteiger charge is 2.35. The van der Waals surface area contributed by atoms with E-state index in [1.54, 1.807) is 23.6 Å². The predicted molar refractivity (Wildman–Crippen MR) is 167 cm³/mol. The molecule has 1 atom stereocenters. The Kier molecular flexibility index (Phi) is 8.99. The van der Waals surface area contributed by atoms with Crippen molar-refractivity contribution in [3.05, 3.63) is 99.2 Å². The molecular weight excluding hydrogens is 602 g/mol. The van der Waals surface area contributed by atoms with Crippen LogP contribution in [0.25, 0.3) is 0 Å². The Balaban J connectivity index is 1.50. The van der Waals surface area contributed by atoms with Gasteiger partial charge in [0.05, 0.1) is 12.7 Å². The number of amides is 1. The minimum absolute atomic E-state index is 0.218. The second kappa shape index (κ2) is 12.8. The van der Waals surface area contributed by atoms with Crippen LogP contribution < -0.4 is 20.1 Å². The molecule has 1 aliphatic rings. The van der Waals surface area contributed by atoms with Gasteiger partial charge in [0.15, 0.2) is 11.5 Å². The zero-order valence-electron chi connectivity index (χ0n) is 23.4. The molecule has 0 saturated heterocycles. The van der Waals surface area contributed by atoms with Gasteiger partial charge in [0.2, 0.25) is 11.1 Å². The van der Waals surface area contributed by atoms with Crippen molar-refractivity contribution in [1.29, 1.82) is 0 Å². The van der Waals surface area contributed by atoms with E-state index in [2.05, 4.69) is 33.5 Å². The number of nitrogens with one attached hydrogen (secondary N) is 2. The molecule has 5 rings (SSSR count). The lowest BCUT2D eigenvalue weighted by Gasteiger charge is -2.29. The fourth-order valence-corrected chi connectivity index (χ4v) is 5.57. The van der Waals surface area contributed by atoms with Crippen LogP contribution in [0.15, 0.2) is 87.6 Å². The number of aryl methyl sites for hydroxylation is 1. The van der Waals surface area contributed by atoms with Gasteiger partial charge in [-0.2, -0.15) is 4.98 Å². The van der Waals surface area contributed by atoms with Gasteiger partial charge in [-0.25, -0.2) is 4.68 Å². The van der Waals surface area contributed by atoms with E-state index in [9.17, 15) is 4.79 Å². The molecule has 41 heavy (non-hydrogen) atoms. The fraction of sp³-hybridized carbons (Fsp3) is 0.258. The second-order valence-electron chi connectivity index (χ2n) is 9.73. The number of thioether (sulfide) groups is 1. The number of ether oxygens (including phenoxy) is 2. The summed E-state index contributed by atoms with van der Waals surface area (Å²) in [5.41, 5.74) is 4.91. The lowest BCUT2D eigenvalue weighted by atomic mass is 9.94. The summed E-state index contributed by atoms with van der Waals surface area (Å²) < 4.78 is 14.7. The number of halogens is 1. The van der Waals surface area contributed by atoms with Gasteiger partial charge in [0.25, 0.3) is 5.91 Å². The van der Waals surface area contributed by atoms with E-state index in [-0.39, 0.29) is 5.91 Å². The third kappa shape index (κ3) is 6.60. The molecule has 3 aromatic carbocycles. The van der Waals surface area contributed by atoms with Crippen molar-refractivity contribution in [2.75, 3.05) is 23.5 Å². The first-order valence-corrected chi connectivity index (χ1v) is 15.1. The van der Waals surface area contributed by atoms with E-state index in [0.29, 0.717) is 40.5 Å². The first-order valence-electron chi connectivity index (χ1n) is 13.4. The maximum absolute atomic E-state index is 13.8. The molecule has 2 heterocycles. The molecule has 212 valence electrons. The summed E-state index contributed by atoms with van der Waals surface area (Å²) in [5.74, 6) is 2.45. The van der Waals surface area contributed by atoms with Gasteiger partial charge in [-0.15, -0.1) is 5.10 Å². The van der Waals surface area contributed by atoms with Crippen LogP contribution in [0.4, 0.5) is 11.6 Å². The van der Waals surface area contributed by atoms with Gasteiger partial charge in [0.1, 0.15) is 12.6 Å². The van der Waals surface area contributed by atoms with Crippen molar-refractivity contribution in [2.45, 2.75) is 45.0 Å². The number of carbonyl (C=O) groups is 1. The molecule has 0 aliphatic carbocycles. The number of anilines is 2. The number of rotatable bonds is 10. The molecule has 10 heteroatoms. The van der Waals surface area contributed by atoms with E-state index < -0.39 is 6.04 Å². The van der Waals surface area contributed by atoms with E-state index in [0.717, 1.165) is 39.0 Å². The van der Waals surface area contributed by atoms with Crippen LogP contribution in [0.5, 0.6) is 11.5 Å². The quantitative estimate of drug-likeness (QED) is 0.176. The van der Waals surface area contributed by atoms with E-state index >= 15 is 0 Å². The van der Waals surface area contributed by atoms with Crippen molar-refractivity contribution in [3.8, 4) is 11.5 Å². The Labute approximate surface area is 252 Å². The Hall–Kier alpha value is -3.76. The molecular formula is C31H32BrN5O3S. The van der Waals surface area contributed by atoms with Crippen molar-refractivity contribution in [1.82, 2.24) is 14.8 Å². The standard InChI is InChI=1S/C31H32BrN5O3S/c1-5-15-41-31-35-30-33-20(3)27(29(38)34-24-8-6-7-19(2)16-24)28(37(30)36-31)22-11-14-25(26(17-22)39-4)40-18-21-9-12-23(32)13-10-21/h6-14,16-17,28H,5,15,18H2,1-4H3,(H,34,38)(H,33,35,36). The fourth-order valence-electron chi connectivity index (χ4n) is 4.62. The Morgan fingerprint density at radius 3 is 2.63 bits per heavy atom. The molecule has 4 aromatic rings. The highest BCUT2D eigenvalue weighted by Crippen LogP contribution is 2.40. The maximum atomic E-state index is 13.8. The Morgan fingerprint density at radius 2 is 1.90 bits per heavy atom. The number of fused-ring (bicyclic) bond motifs is 1. The SMILES string of the molecule is CCCSc1nc2n(n1)C(c1ccc(OCc3ccc(Br)cc3)c(OC)c1)C(C(=O)Nc1cccc(C)c1)=C(C)N2. The Bertz CT molecular complexity index is 1590. The number of allylic oxidation sites excluding steroid dienone is 1. The molecule has 0 radical (unpaired) electrons. The van der Waals surface area contributed by atoms with Crippen molar-refractivity contribution >= 4 is 45.2 Å². The summed E-state index contributed by atoms with van der Waals surface area (Å²) in [5, 5.41) is 11.8. The largest absolute Gasteiger partial charge is 0.493 e. The summed E-state index contributed by atoms with van der Waals surface area (Å²) >= 11 is 5.06. The van der Waals surface area contributed by atoms with Crippen LogP contribution in [-0.2, 0) is 11.4 Å². The summed E-state index contributed by atoms with van der Waals surface area (Å²) in [6.45, 7) is 6.40. The smallest absolute Gasteiger partial charge is 0.255 e. The van der Waals surface area contributed by atoms with E-state index in [1.165, 1.54) is 0 Å². The third-order valence-corrected chi connectivity index (χ3v) is 8.17. The number of aromatic nitrogens is 3. The lowest BCUT2D eigenvalue weighted by Crippen LogP contribution is -2.31. The zero-order valence-corrected chi connectivity index (χ0v) is 25.8. The number of nitrogens with zero attached hydrogens (tertiary/aromatic N) is 3. The molecule has 0 fully saturated rings. The number of hydrogen-bond donors (Lipinski definition) is 2. The summed E-state index contributed by atoms with van der Waals surface area (Å²) in [6.07, 6.45) is 1.01. The highest BCUT2D eigenvalue weighted by atomic mass is 79.9. The molecule has 0 saturated carbocycles. The maximum Gasteiger partial charge on any atom is 0.255 e. The molecule has 1 aliphatic heterocycles. The van der Waals surface area contributed by atoms with Crippen LogP contribution in [-0.4, -0.2) is 33.5 Å². The van der Waals surface area contributed by atoms with Gasteiger partial charge in [-0.1, -0.05) is 64.9 Å². The number of benzene rings is 3. The molecule has 0 bridgehead atoms. The molecule has 1 aromatic heterocycles. The minimum atomic E-state index is -0.533. The normalized spacial score (nSPS) is 14.3. The first kappa shape index (κ1) is 28.8. The summed E-state index contributed by atoms with van der Waals surface area (Å²) in [7, 11) is 1.61. The van der Waals surface area contributed by atoms with Crippen LogP contribution in [0.2, 0.25) is 0 Å². The first-order chi connectivity index (χ1) is 19.9. The van der Waals surface area contributed by atoms with Crippen LogP contribution in [0.3, 0.4) is 0 Å². The average Bonchev–Trinajstić information content (AvgIpc) is 3.37. The summed E-state index contributed by atoms with van der Waals surface area (Å²) in [6, 6.07) is 20.9. The van der Waals surface area contributed by atoms with Gasteiger partial charge < -0.3 is 20.1 Å².